The number of fused-ring (bicyclic) bond motifs is 1. The third kappa shape index (κ3) is 1.44. The van der Waals surface area contributed by atoms with Gasteiger partial charge in [0.25, 0.3) is 0 Å². The Morgan fingerprint density at radius 2 is 2.31 bits per heavy atom. The molecule has 0 aromatic carbocycles. The number of rotatable bonds is 2. The summed E-state index contributed by atoms with van der Waals surface area (Å²) in [5.41, 5.74) is 1.02. The highest BCUT2D eigenvalue weighted by Crippen LogP contribution is 2.19. The van der Waals surface area contributed by atoms with E-state index in [9.17, 15) is 4.79 Å². The molecule has 0 aliphatic carbocycles. The molecule has 0 fully saturated rings. The van der Waals surface area contributed by atoms with Crippen molar-refractivity contribution in [1.82, 2.24) is 19.9 Å². The monoisotopic (exact) mass is 196 g/mol. The largest absolute Gasteiger partial charge is 0.325 e. The lowest BCUT2D eigenvalue weighted by Gasteiger charge is -1.96. The van der Waals surface area contributed by atoms with Gasteiger partial charge in [-0.2, -0.15) is 0 Å². The van der Waals surface area contributed by atoms with Gasteiger partial charge in [0.05, 0.1) is 0 Å². The first kappa shape index (κ1) is 8.31. The Morgan fingerprint density at radius 1 is 1.46 bits per heavy atom. The molecular formula is C7H8N4OS. The van der Waals surface area contributed by atoms with E-state index in [1.165, 1.54) is 6.33 Å². The van der Waals surface area contributed by atoms with Gasteiger partial charge in [-0.05, 0) is 5.75 Å². The van der Waals surface area contributed by atoms with Crippen LogP contribution in [0.1, 0.15) is 6.92 Å². The Morgan fingerprint density at radius 3 is 3.08 bits per heavy atom. The standard InChI is InChI=1S/C7H8N4OS/c1-2-13-6-4-5(8-3-9-6)11-7(12)10-4/h3H,2H2,1H3,(H2,8,9,10,11,12). The van der Waals surface area contributed by atoms with Crippen LogP contribution in [0.3, 0.4) is 0 Å². The molecule has 68 valence electrons. The Kier molecular flexibility index (Phi) is 2.05. The van der Waals surface area contributed by atoms with Crippen molar-refractivity contribution in [2.75, 3.05) is 5.75 Å². The van der Waals surface area contributed by atoms with Crippen LogP contribution in [-0.4, -0.2) is 25.7 Å². The fraction of sp³-hybridized carbons (Fsp3) is 0.286. The predicted octanol–water partition coefficient (Wildman–Crippen LogP) is 0.758. The number of imidazole rings is 1. The van der Waals surface area contributed by atoms with Gasteiger partial charge >= 0.3 is 5.69 Å². The number of thioether (sulfide) groups is 1. The van der Waals surface area contributed by atoms with E-state index < -0.39 is 0 Å². The van der Waals surface area contributed by atoms with Gasteiger partial charge in [0, 0.05) is 0 Å². The lowest BCUT2D eigenvalue weighted by Crippen LogP contribution is -1.99. The lowest BCUT2D eigenvalue weighted by atomic mass is 10.6. The van der Waals surface area contributed by atoms with Crippen molar-refractivity contribution in [2.45, 2.75) is 11.9 Å². The van der Waals surface area contributed by atoms with Gasteiger partial charge in [0.2, 0.25) is 0 Å². The molecule has 0 unspecified atom stereocenters. The van der Waals surface area contributed by atoms with E-state index in [-0.39, 0.29) is 5.69 Å². The van der Waals surface area contributed by atoms with Crippen LogP contribution in [0.2, 0.25) is 0 Å². The fourth-order valence-electron chi connectivity index (χ4n) is 1.08. The van der Waals surface area contributed by atoms with E-state index in [0.717, 1.165) is 10.8 Å². The molecule has 0 amide bonds. The lowest BCUT2D eigenvalue weighted by molar-refractivity contribution is 1.08. The third-order valence-electron chi connectivity index (χ3n) is 1.56. The molecule has 0 bridgehead atoms. The highest BCUT2D eigenvalue weighted by molar-refractivity contribution is 7.99. The number of aromatic amines is 2. The quantitative estimate of drug-likeness (QED) is 0.549. The summed E-state index contributed by atoms with van der Waals surface area (Å²) in [6, 6.07) is 0. The molecule has 0 radical (unpaired) electrons. The summed E-state index contributed by atoms with van der Waals surface area (Å²) >= 11 is 1.58. The van der Waals surface area contributed by atoms with Gasteiger partial charge in [-0.3, -0.25) is 4.98 Å². The maximum absolute atomic E-state index is 11.0. The van der Waals surface area contributed by atoms with Gasteiger partial charge in [0.15, 0.2) is 5.65 Å². The molecule has 2 rings (SSSR count). The molecule has 5 nitrogen and oxygen atoms in total. The van der Waals surface area contributed by atoms with Crippen LogP contribution < -0.4 is 5.69 Å². The smallest absolute Gasteiger partial charge is 0.302 e. The normalized spacial score (nSPS) is 10.8. The van der Waals surface area contributed by atoms with Gasteiger partial charge in [-0.15, -0.1) is 11.8 Å². The molecule has 2 N–H and O–H groups in total. The molecule has 0 aliphatic rings. The first-order chi connectivity index (χ1) is 6.31. The molecule has 0 saturated heterocycles. The van der Waals surface area contributed by atoms with Crippen molar-refractivity contribution in [2.24, 2.45) is 0 Å². The Balaban J connectivity index is 2.67. The molecule has 6 heteroatoms. The second kappa shape index (κ2) is 3.21. The maximum Gasteiger partial charge on any atom is 0.325 e. The summed E-state index contributed by atoms with van der Waals surface area (Å²) < 4.78 is 0. The van der Waals surface area contributed by atoms with Crippen molar-refractivity contribution in [3.63, 3.8) is 0 Å². The minimum Gasteiger partial charge on any atom is -0.302 e. The topological polar surface area (TPSA) is 74.4 Å². The van der Waals surface area contributed by atoms with E-state index in [0.29, 0.717) is 11.2 Å². The molecule has 2 aromatic rings. The zero-order valence-electron chi connectivity index (χ0n) is 7.00. The first-order valence-corrected chi connectivity index (χ1v) is 4.85. The predicted molar refractivity (Wildman–Crippen MR) is 50.9 cm³/mol. The van der Waals surface area contributed by atoms with Crippen molar-refractivity contribution in [1.29, 1.82) is 0 Å². The van der Waals surface area contributed by atoms with Crippen molar-refractivity contribution in [3.05, 3.63) is 16.8 Å². The highest BCUT2D eigenvalue weighted by Gasteiger charge is 2.05. The van der Waals surface area contributed by atoms with E-state index in [2.05, 4.69) is 19.9 Å². The average Bonchev–Trinajstić information content (AvgIpc) is 2.47. The molecule has 2 aromatic heterocycles. The summed E-state index contributed by atoms with van der Waals surface area (Å²) in [5, 5.41) is 0.811. The van der Waals surface area contributed by atoms with E-state index in [1.54, 1.807) is 11.8 Å². The molecular weight excluding hydrogens is 188 g/mol. The zero-order valence-corrected chi connectivity index (χ0v) is 7.81. The second-order valence-corrected chi connectivity index (χ2v) is 3.67. The van der Waals surface area contributed by atoms with Crippen LogP contribution in [0.15, 0.2) is 16.1 Å². The van der Waals surface area contributed by atoms with Crippen LogP contribution in [0.5, 0.6) is 0 Å². The Hall–Kier alpha value is -1.30. The van der Waals surface area contributed by atoms with Gasteiger partial charge in [0.1, 0.15) is 16.9 Å². The minimum absolute atomic E-state index is 0.242. The Bertz CT molecular complexity index is 475. The summed E-state index contributed by atoms with van der Waals surface area (Å²) in [6.45, 7) is 2.03. The van der Waals surface area contributed by atoms with Crippen molar-refractivity contribution < 1.29 is 0 Å². The summed E-state index contributed by atoms with van der Waals surface area (Å²) in [6.07, 6.45) is 1.45. The maximum atomic E-state index is 11.0. The van der Waals surface area contributed by atoms with Crippen LogP contribution in [0.4, 0.5) is 0 Å². The number of H-pyrrole nitrogens is 2. The van der Waals surface area contributed by atoms with Gasteiger partial charge in [-0.1, -0.05) is 6.92 Å². The molecule has 13 heavy (non-hydrogen) atoms. The molecule has 0 saturated carbocycles. The van der Waals surface area contributed by atoms with Crippen LogP contribution in [-0.2, 0) is 0 Å². The first-order valence-electron chi connectivity index (χ1n) is 3.87. The second-order valence-electron chi connectivity index (χ2n) is 2.41. The molecule has 0 spiro atoms. The minimum atomic E-state index is -0.242. The summed E-state index contributed by atoms with van der Waals surface area (Å²) in [5.74, 6) is 0.916. The highest BCUT2D eigenvalue weighted by atomic mass is 32.2. The van der Waals surface area contributed by atoms with E-state index >= 15 is 0 Å². The summed E-state index contributed by atoms with van der Waals surface area (Å²) in [7, 11) is 0. The Labute approximate surface area is 78.0 Å². The number of hydrogen-bond acceptors (Lipinski definition) is 4. The number of nitrogens with zero attached hydrogens (tertiary/aromatic N) is 2. The summed E-state index contributed by atoms with van der Waals surface area (Å²) in [4.78, 5) is 24.2. The zero-order chi connectivity index (χ0) is 9.26. The van der Waals surface area contributed by atoms with E-state index in [1.807, 2.05) is 6.92 Å². The van der Waals surface area contributed by atoms with Crippen LogP contribution in [0.25, 0.3) is 11.2 Å². The van der Waals surface area contributed by atoms with Crippen LogP contribution in [0, 0.1) is 0 Å². The van der Waals surface area contributed by atoms with Crippen molar-refractivity contribution in [3.8, 4) is 0 Å². The van der Waals surface area contributed by atoms with Gasteiger partial charge < -0.3 is 4.98 Å². The van der Waals surface area contributed by atoms with Crippen LogP contribution >= 0.6 is 11.8 Å². The number of aromatic nitrogens is 4. The number of nitrogens with one attached hydrogen (secondary N) is 2. The molecule has 0 atom stereocenters. The SMILES string of the molecule is CCSc1ncnc2[nH]c(=O)[nH]c12. The third-order valence-corrected chi connectivity index (χ3v) is 2.44. The molecule has 0 aliphatic heterocycles. The number of hydrogen-bond donors (Lipinski definition) is 2. The average molecular weight is 196 g/mol. The van der Waals surface area contributed by atoms with Gasteiger partial charge in [-0.25, -0.2) is 14.8 Å². The molecule has 2 heterocycles. The van der Waals surface area contributed by atoms with E-state index in [4.69, 9.17) is 0 Å². The fourth-order valence-corrected chi connectivity index (χ4v) is 1.76. The van der Waals surface area contributed by atoms with Crippen molar-refractivity contribution >= 4 is 22.9 Å².